The molecule has 1 rings (SSSR count). The summed E-state index contributed by atoms with van der Waals surface area (Å²) >= 11 is 0. The van der Waals surface area contributed by atoms with E-state index in [9.17, 15) is 15.0 Å². The SMILES string of the molecule is C#C.C/C=C(CN=CNc1cc(C(=O)O)ccc1NCCCCCCC)\C(O)=C/CC.CC. The van der Waals surface area contributed by atoms with Crippen LogP contribution >= 0.6 is 0 Å². The number of carbonyl (C=O) groups is 1. The van der Waals surface area contributed by atoms with Crippen LogP contribution in [0.2, 0.25) is 0 Å². The van der Waals surface area contributed by atoms with Gasteiger partial charge in [0.15, 0.2) is 0 Å². The van der Waals surface area contributed by atoms with Gasteiger partial charge in [0.25, 0.3) is 0 Å². The Hall–Kier alpha value is -3.20. The summed E-state index contributed by atoms with van der Waals surface area (Å²) in [6, 6.07) is 4.97. The van der Waals surface area contributed by atoms with Crippen LogP contribution in [0, 0.1) is 12.8 Å². The molecule has 0 saturated carbocycles. The van der Waals surface area contributed by atoms with Crippen molar-refractivity contribution in [2.24, 2.45) is 4.99 Å². The molecule has 0 saturated heterocycles. The summed E-state index contributed by atoms with van der Waals surface area (Å²) in [5.74, 6) is -0.729. The second-order valence-electron chi connectivity index (χ2n) is 6.83. The number of hydrogen-bond acceptors (Lipinski definition) is 4. The molecule has 0 atom stereocenters. The fourth-order valence-electron chi connectivity index (χ4n) is 2.81. The molecular formula is C27H43N3O3. The molecule has 0 aliphatic rings. The summed E-state index contributed by atoms with van der Waals surface area (Å²) in [5, 5.41) is 25.7. The third-order valence-electron chi connectivity index (χ3n) is 4.51. The minimum absolute atomic E-state index is 0.215. The van der Waals surface area contributed by atoms with Crippen molar-refractivity contribution in [2.75, 3.05) is 23.7 Å². The number of carboxylic acid groups (broad SMARTS) is 1. The number of aliphatic imine (C=N–C) groups is 1. The van der Waals surface area contributed by atoms with Crippen molar-refractivity contribution in [1.29, 1.82) is 0 Å². The molecule has 0 heterocycles. The summed E-state index contributed by atoms with van der Waals surface area (Å²) in [6.45, 7) is 11.2. The number of carboxylic acids is 1. The quantitative estimate of drug-likeness (QED) is 0.0588. The zero-order valence-corrected chi connectivity index (χ0v) is 21.0. The second-order valence-corrected chi connectivity index (χ2v) is 6.83. The van der Waals surface area contributed by atoms with Gasteiger partial charge in [-0.3, -0.25) is 4.99 Å². The van der Waals surface area contributed by atoms with E-state index in [0.717, 1.165) is 30.6 Å². The Morgan fingerprint density at radius 1 is 1.06 bits per heavy atom. The number of aliphatic hydroxyl groups excluding tert-OH is 1. The number of nitrogens with one attached hydrogen (secondary N) is 2. The summed E-state index contributed by atoms with van der Waals surface area (Å²) in [7, 11) is 0. The first-order valence-electron chi connectivity index (χ1n) is 11.8. The zero-order valence-electron chi connectivity index (χ0n) is 21.0. The van der Waals surface area contributed by atoms with Crippen LogP contribution in [0.1, 0.15) is 83.5 Å². The molecule has 1 aromatic rings. The second kappa shape index (κ2) is 22.0. The molecular weight excluding hydrogens is 414 g/mol. The minimum atomic E-state index is -0.970. The Labute approximate surface area is 200 Å². The Bertz CT molecular complexity index is 765. The van der Waals surface area contributed by atoms with Crippen LogP contribution in [0.3, 0.4) is 0 Å². The molecule has 6 heteroatoms. The Morgan fingerprint density at radius 2 is 1.73 bits per heavy atom. The normalized spacial score (nSPS) is 11.1. The Kier molecular flexibility index (Phi) is 21.3. The predicted molar refractivity (Wildman–Crippen MR) is 144 cm³/mol. The predicted octanol–water partition coefficient (Wildman–Crippen LogP) is 7.28. The van der Waals surface area contributed by atoms with Gasteiger partial charge in [0.2, 0.25) is 0 Å². The van der Waals surface area contributed by atoms with Gasteiger partial charge in [0.1, 0.15) is 5.76 Å². The number of nitrogens with zero attached hydrogens (tertiary/aromatic N) is 1. The number of aliphatic hydroxyl groups is 1. The van der Waals surface area contributed by atoms with Gasteiger partial charge >= 0.3 is 5.97 Å². The maximum Gasteiger partial charge on any atom is 0.335 e. The van der Waals surface area contributed by atoms with Crippen molar-refractivity contribution in [2.45, 2.75) is 73.1 Å². The monoisotopic (exact) mass is 457 g/mol. The molecule has 33 heavy (non-hydrogen) atoms. The lowest BCUT2D eigenvalue weighted by Crippen LogP contribution is -2.08. The van der Waals surface area contributed by atoms with Crippen LogP contribution in [0.5, 0.6) is 0 Å². The number of hydrogen-bond donors (Lipinski definition) is 4. The number of aromatic carboxylic acids is 1. The van der Waals surface area contributed by atoms with Crippen LogP contribution in [0.25, 0.3) is 0 Å². The molecule has 0 fully saturated rings. The Morgan fingerprint density at radius 3 is 2.30 bits per heavy atom. The highest BCUT2D eigenvalue weighted by Gasteiger charge is 2.08. The molecule has 184 valence electrons. The number of allylic oxidation sites excluding steroid dienone is 2. The topological polar surface area (TPSA) is 94.0 Å². The van der Waals surface area contributed by atoms with E-state index in [-0.39, 0.29) is 11.3 Å². The molecule has 0 aliphatic heterocycles. The van der Waals surface area contributed by atoms with Gasteiger partial charge in [-0.15, -0.1) is 12.8 Å². The number of unbranched alkanes of at least 4 members (excludes halogenated alkanes) is 4. The largest absolute Gasteiger partial charge is 0.508 e. The first-order chi connectivity index (χ1) is 16.0. The lowest BCUT2D eigenvalue weighted by Gasteiger charge is -2.13. The van der Waals surface area contributed by atoms with Crippen LogP contribution in [-0.2, 0) is 0 Å². The van der Waals surface area contributed by atoms with E-state index in [0.29, 0.717) is 12.2 Å². The van der Waals surface area contributed by atoms with Gasteiger partial charge in [0, 0.05) is 12.1 Å². The van der Waals surface area contributed by atoms with Gasteiger partial charge in [-0.1, -0.05) is 59.5 Å². The summed E-state index contributed by atoms with van der Waals surface area (Å²) < 4.78 is 0. The highest BCUT2D eigenvalue weighted by molar-refractivity contribution is 5.93. The fourth-order valence-corrected chi connectivity index (χ4v) is 2.81. The molecule has 0 radical (unpaired) electrons. The molecule has 6 nitrogen and oxygen atoms in total. The molecule has 0 amide bonds. The molecule has 4 N–H and O–H groups in total. The smallest absolute Gasteiger partial charge is 0.335 e. The van der Waals surface area contributed by atoms with E-state index in [1.165, 1.54) is 32.0 Å². The third kappa shape index (κ3) is 14.5. The molecule has 0 aromatic heterocycles. The average molecular weight is 458 g/mol. The first kappa shape index (κ1) is 32.0. The number of anilines is 2. The fraction of sp³-hybridized carbons (Fsp3) is 0.481. The maximum absolute atomic E-state index is 11.3. The maximum atomic E-state index is 11.3. The van der Waals surface area contributed by atoms with Gasteiger partial charge in [-0.05, 0) is 44.0 Å². The van der Waals surface area contributed by atoms with Crippen molar-refractivity contribution in [1.82, 2.24) is 0 Å². The molecule has 0 spiro atoms. The first-order valence-corrected chi connectivity index (χ1v) is 11.8. The van der Waals surface area contributed by atoms with E-state index in [2.05, 4.69) is 35.4 Å². The number of rotatable bonds is 14. The van der Waals surface area contributed by atoms with E-state index >= 15 is 0 Å². The third-order valence-corrected chi connectivity index (χ3v) is 4.51. The summed E-state index contributed by atoms with van der Waals surface area (Å²) in [4.78, 5) is 15.6. The Balaban J connectivity index is 0. The lowest BCUT2D eigenvalue weighted by molar-refractivity contribution is 0.0697. The standard InChI is InChI=1S/C23H35N3O3.C2H6.C2H2/c1-4-7-8-9-10-14-25-20-13-12-19(23(28)29)15-21(20)26-17-24-16-18(6-3)22(27)11-5-2;2*1-2/h6,11-13,15,17,25,27H,4-5,7-10,14,16H2,1-3H3,(H,24,26)(H,28,29);1-2H3;1-2H/b18-6-,22-11+;;. The minimum Gasteiger partial charge on any atom is -0.508 e. The van der Waals surface area contributed by atoms with Gasteiger partial charge in [-0.25, -0.2) is 4.79 Å². The van der Waals surface area contributed by atoms with Crippen molar-refractivity contribution in [3.63, 3.8) is 0 Å². The van der Waals surface area contributed by atoms with E-state index < -0.39 is 5.97 Å². The number of benzene rings is 1. The van der Waals surface area contributed by atoms with E-state index in [1.807, 2.05) is 33.8 Å². The van der Waals surface area contributed by atoms with Crippen molar-refractivity contribution in [3.05, 3.63) is 47.2 Å². The molecule has 0 unspecified atom stereocenters. The van der Waals surface area contributed by atoms with Crippen LogP contribution in [0.4, 0.5) is 11.4 Å². The highest BCUT2D eigenvalue weighted by atomic mass is 16.4. The van der Waals surface area contributed by atoms with Crippen molar-refractivity contribution < 1.29 is 15.0 Å². The van der Waals surface area contributed by atoms with Crippen molar-refractivity contribution >= 4 is 23.7 Å². The van der Waals surface area contributed by atoms with Crippen LogP contribution in [0.15, 0.2) is 46.7 Å². The highest BCUT2D eigenvalue weighted by Crippen LogP contribution is 2.23. The summed E-state index contributed by atoms with van der Waals surface area (Å²) in [5.41, 5.74) is 2.47. The molecule has 0 aliphatic carbocycles. The lowest BCUT2D eigenvalue weighted by atomic mass is 10.1. The van der Waals surface area contributed by atoms with E-state index in [1.54, 1.807) is 24.3 Å². The average Bonchev–Trinajstić information content (AvgIpc) is 2.84. The summed E-state index contributed by atoms with van der Waals surface area (Å²) in [6.07, 6.45) is 19.8. The molecule has 1 aromatic carbocycles. The van der Waals surface area contributed by atoms with Gasteiger partial charge in [0.05, 0.1) is 29.8 Å². The van der Waals surface area contributed by atoms with E-state index in [4.69, 9.17) is 0 Å². The van der Waals surface area contributed by atoms with Gasteiger partial charge < -0.3 is 20.8 Å². The zero-order chi connectivity index (χ0) is 25.5. The molecule has 0 bridgehead atoms. The number of terminal acetylenes is 1. The van der Waals surface area contributed by atoms with Crippen molar-refractivity contribution in [3.8, 4) is 12.8 Å². The van der Waals surface area contributed by atoms with Gasteiger partial charge in [-0.2, -0.15) is 0 Å². The van der Waals surface area contributed by atoms with Crippen LogP contribution in [-0.4, -0.2) is 35.6 Å². The van der Waals surface area contributed by atoms with Crippen LogP contribution < -0.4 is 10.6 Å².